The molecule has 1 aromatic rings. The van der Waals surface area contributed by atoms with E-state index in [-0.39, 0.29) is 12.1 Å². The van der Waals surface area contributed by atoms with E-state index < -0.39 is 0 Å². The Morgan fingerprint density at radius 2 is 2.00 bits per heavy atom. The number of rotatable bonds is 8. The highest BCUT2D eigenvalue weighted by molar-refractivity contribution is 5.25. The number of benzene rings is 1. The molecule has 2 N–H and O–H groups in total. The van der Waals surface area contributed by atoms with Crippen molar-refractivity contribution in [3.05, 3.63) is 35.9 Å². The third kappa shape index (κ3) is 3.78. The van der Waals surface area contributed by atoms with Gasteiger partial charge in [0.2, 0.25) is 0 Å². The highest BCUT2D eigenvalue weighted by atomic mass is 16.3. The zero-order valence-electron chi connectivity index (χ0n) is 12.1. The van der Waals surface area contributed by atoms with E-state index in [9.17, 15) is 5.11 Å². The van der Waals surface area contributed by atoms with Crippen LogP contribution in [0.5, 0.6) is 0 Å². The summed E-state index contributed by atoms with van der Waals surface area (Å²) in [5.74, 6) is 0. The van der Waals surface area contributed by atoms with E-state index in [0.29, 0.717) is 6.04 Å². The van der Waals surface area contributed by atoms with Gasteiger partial charge in [-0.25, -0.2) is 0 Å². The van der Waals surface area contributed by atoms with E-state index in [1.54, 1.807) is 0 Å². The van der Waals surface area contributed by atoms with Gasteiger partial charge >= 0.3 is 0 Å². The van der Waals surface area contributed by atoms with Gasteiger partial charge in [-0.05, 0) is 45.0 Å². The fourth-order valence-corrected chi connectivity index (χ4v) is 2.43. The second kappa shape index (κ2) is 6.51. The quantitative estimate of drug-likeness (QED) is 0.752. The minimum atomic E-state index is -0.286. The summed E-state index contributed by atoms with van der Waals surface area (Å²) in [6.45, 7) is 4.36. The average molecular weight is 262 g/mol. The summed E-state index contributed by atoms with van der Waals surface area (Å²) < 4.78 is 0. The van der Waals surface area contributed by atoms with Gasteiger partial charge < -0.3 is 15.3 Å². The van der Waals surface area contributed by atoms with Crippen molar-refractivity contribution >= 4 is 0 Å². The van der Waals surface area contributed by atoms with Crippen LogP contribution in [0, 0.1) is 0 Å². The van der Waals surface area contributed by atoms with Gasteiger partial charge in [-0.15, -0.1) is 0 Å². The Hall–Kier alpha value is -0.900. The van der Waals surface area contributed by atoms with E-state index in [1.165, 1.54) is 18.4 Å². The van der Waals surface area contributed by atoms with Crippen LogP contribution in [0.15, 0.2) is 30.3 Å². The second-order valence-electron chi connectivity index (χ2n) is 5.67. The molecule has 106 valence electrons. The van der Waals surface area contributed by atoms with Crippen molar-refractivity contribution < 1.29 is 5.11 Å². The average Bonchev–Trinajstić information content (AvgIpc) is 3.28. The molecule has 3 heteroatoms. The van der Waals surface area contributed by atoms with Gasteiger partial charge in [0, 0.05) is 6.04 Å². The number of nitrogens with one attached hydrogen (secondary N) is 1. The van der Waals surface area contributed by atoms with Crippen LogP contribution in [0.25, 0.3) is 0 Å². The molecule has 0 radical (unpaired) electrons. The first kappa shape index (κ1) is 14.5. The van der Waals surface area contributed by atoms with E-state index in [2.05, 4.69) is 48.5 Å². The van der Waals surface area contributed by atoms with Crippen molar-refractivity contribution in [1.29, 1.82) is 0 Å². The molecule has 3 nitrogen and oxygen atoms in total. The van der Waals surface area contributed by atoms with Crippen molar-refractivity contribution in [3.63, 3.8) is 0 Å². The van der Waals surface area contributed by atoms with Gasteiger partial charge in [0.25, 0.3) is 0 Å². The monoisotopic (exact) mass is 262 g/mol. The Balaban J connectivity index is 2.15. The van der Waals surface area contributed by atoms with Crippen molar-refractivity contribution in [2.24, 2.45) is 0 Å². The summed E-state index contributed by atoms with van der Waals surface area (Å²) in [6, 6.07) is 11.0. The van der Waals surface area contributed by atoms with Crippen LogP contribution in [-0.4, -0.2) is 42.8 Å². The van der Waals surface area contributed by atoms with Crippen LogP contribution in [0.3, 0.4) is 0 Å². The first-order valence-electron chi connectivity index (χ1n) is 7.33. The Morgan fingerprint density at radius 1 is 1.32 bits per heavy atom. The smallest absolute Gasteiger partial charge is 0.0683 e. The molecule has 0 aromatic heterocycles. The summed E-state index contributed by atoms with van der Waals surface area (Å²) in [5, 5.41) is 13.7. The van der Waals surface area contributed by atoms with Crippen molar-refractivity contribution in [1.82, 2.24) is 10.2 Å². The fraction of sp³-hybridized carbons (Fsp3) is 0.625. The third-order valence-corrected chi connectivity index (χ3v) is 4.11. The molecule has 0 bridgehead atoms. The van der Waals surface area contributed by atoms with Gasteiger partial charge in [-0.3, -0.25) is 0 Å². The van der Waals surface area contributed by atoms with Crippen LogP contribution in [0.2, 0.25) is 0 Å². The Bertz CT molecular complexity index is 378. The first-order chi connectivity index (χ1) is 9.20. The Morgan fingerprint density at radius 3 is 2.53 bits per heavy atom. The summed E-state index contributed by atoms with van der Waals surface area (Å²) >= 11 is 0. The molecule has 1 aliphatic carbocycles. The molecule has 0 saturated heterocycles. The molecule has 0 spiro atoms. The number of aliphatic hydroxyl groups excluding tert-OH is 1. The highest BCUT2D eigenvalue weighted by Gasteiger charge is 2.37. The molecule has 0 amide bonds. The Labute approximate surface area is 116 Å². The molecule has 1 aliphatic rings. The standard InChI is InChI=1S/C16H26N2O/c1-3-18(2)12-11-16(13-19,17-15-9-10-15)14-7-5-4-6-8-14/h4-8,15,17,19H,3,9-13H2,1-2H3. The first-order valence-corrected chi connectivity index (χ1v) is 7.33. The second-order valence-corrected chi connectivity index (χ2v) is 5.67. The minimum Gasteiger partial charge on any atom is -0.394 e. The molecule has 1 aromatic carbocycles. The molecule has 19 heavy (non-hydrogen) atoms. The summed E-state index contributed by atoms with van der Waals surface area (Å²) in [6.07, 6.45) is 3.41. The van der Waals surface area contributed by atoms with Gasteiger partial charge in [-0.2, -0.15) is 0 Å². The lowest BCUT2D eigenvalue weighted by atomic mass is 9.86. The predicted octanol–water partition coefficient (Wildman–Crippen LogP) is 1.97. The van der Waals surface area contributed by atoms with Crippen LogP contribution in [-0.2, 0) is 5.54 Å². The lowest BCUT2D eigenvalue weighted by Crippen LogP contribution is -2.48. The van der Waals surface area contributed by atoms with Crippen molar-refractivity contribution in [3.8, 4) is 0 Å². The largest absolute Gasteiger partial charge is 0.394 e. The van der Waals surface area contributed by atoms with Crippen LogP contribution in [0.4, 0.5) is 0 Å². The molecule has 2 rings (SSSR count). The summed E-state index contributed by atoms with van der Waals surface area (Å²) in [5.41, 5.74) is 0.917. The zero-order valence-corrected chi connectivity index (χ0v) is 12.1. The van der Waals surface area contributed by atoms with E-state index >= 15 is 0 Å². The van der Waals surface area contributed by atoms with Gasteiger partial charge in [-0.1, -0.05) is 37.3 Å². The lowest BCUT2D eigenvalue weighted by Gasteiger charge is -2.35. The summed E-state index contributed by atoms with van der Waals surface area (Å²) in [7, 11) is 2.13. The van der Waals surface area contributed by atoms with E-state index in [4.69, 9.17) is 0 Å². The van der Waals surface area contributed by atoms with Crippen LogP contribution < -0.4 is 5.32 Å². The predicted molar refractivity (Wildman–Crippen MR) is 79.2 cm³/mol. The minimum absolute atomic E-state index is 0.158. The maximum Gasteiger partial charge on any atom is 0.0683 e. The van der Waals surface area contributed by atoms with Crippen LogP contribution >= 0.6 is 0 Å². The lowest BCUT2D eigenvalue weighted by molar-refractivity contribution is 0.136. The molecule has 1 fully saturated rings. The van der Waals surface area contributed by atoms with Gasteiger partial charge in [0.1, 0.15) is 0 Å². The molecular formula is C16H26N2O. The maximum atomic E-state index is 10.0. The molecule has 1 saturated carbocycles. The SMILES string of the molecule is CCN(C)CCC(CO)(NC1CC1)c1ccccc1. The van der Waals surface area contributed by atoms with Gasteiger partial charge in [0.15, 0.2) is 0 Å². The van der Waals surface area contributed by atoms with Crippen molar-refractivity contribution in [2.75, 3.05) is 26.7 Å². The number of hydrogen-bond acceptors (Lipinski definition) is 3. The number of nitrogens with zero attached hydrogens (tertiary/aromatic N) is 1. The van der Waals surface area contributed by atoms with Crippen molar-refractivity contribution in [2.45, 2.75) is 37.8 Å². The number of hydrogen-bond donors (Lipinski definition) is 2. The van der Waals surface area contributed by atoms with E-state index in [0.717, 1.165) is 19.5 Å². The fourth-order valence-electron chi connectivity index (χ4n) is 2.43. The highest BCUT2D eigenvalue weighted by Crippen LogP contribution is 2.31. The molecule has 1 atom stereocenters. The normalized spacial score (nSPS) is 18.5. The van der Waals surface area contributed by atoms with E-state index in [1.807, 2.05) is 6.07 Å². The maximum absolute atomic E-state index is 10.0. The molecular weight excluding hydrogens is 236 g/mol. The van der Waals surface area contributed by atoms with Crippen LogP contribution in [0.1, 0.15) is 31.7 Å². The molecule has 0 heterocycles. The third-order valence-electron chi connectivity index (χ3n) is 4.11. The summed E-state index contributed by atoms with van der Waals surface area (Å²) in [4.78, 5) is 2.29. The Kier molecular flexibility index (Phi) is 4.97. The molecule has 0 aliphatic heterocycles. The van der Waals surface area contributed by atoms with Gasteiger partial charge in [0.05, 0.1) is 12.1 Å². The topological polar surface area (TPSA) is 35.5 Å². The number of aliphatic hydroxyl groups is 1. The zero-order chi connectivity index (χ0) is 13.7. The molecule has 1 unspecified atom stereocenters.